The van der Waals surface area contributed by atoms with Crippen LogP contribution < -0.4 is 5.32 Å². The minimum absolute atomic E-state index is 0.150. The third kappa shape index (κ3) is 2.79. The predicted octanol–water partition coefficient (Wildman–Crippen LogP) is 2.87. The van der Waals surface area contributed by atoms with E-state index in [-0.39, 0.29) is 6.04 Å². The Hall–Kier alpha value is -1.19. The summed E-state index contributed by atoms with van der Waals surface area (Å²) in [4.78, 5) is 0. The molecule has 0 bridgehead atoms. The first-order valence-electron chi connectivity index (χ1n) is 6.26. The summed E-state index contributed by atoms with van der Waals surface area (Å²) in [7, 11) is 1.17. The summed E-state index contributed by atoms with van der Waals surface area (Å²) in [6, 6.07) is 14.8. The van der Waals surface area contributed by atoms with E-state index in [1.165, 1.54) is 16.3 Å². The van der Waals surface area contributed by atoms with Crippen LogP contribution in [0.25, 0.3) is 10.8 Å². The molecule has 2 atom stereocenters. The van der Waals surface area contributed by atoms with E-state index in [0.717, 1.165) is 0 Å². The highest BCUT2D eigenvalue weighted by Gasteiger charge is 2.14. The van der Waals surface area contributed by atoms with Crippen LogP contribution in [-0.2, 0) is 10.8 Å². The zero-order valence-corrected chi connectivity index (χ0v) is 11.7. The fraction of sp³-hybridized carbons (Fsp3) is 0.333. The van der Waals surface area contributed by atoms with Crippen molar-refractivity contribution in [2.75, 3.05) is 18.6 Å². The minimum atomic E-state index is -0.763. The molecule has 0 fully saturated rings. The van der Waals surface area contributed by atoms with Gasteiger partial charge in [0.2, 0.25) is 0 Å². The molecule has 2 rings (SSSR count). The van der Waals surface area contributed by atoms with Crippen molar-refractivity contribution in [2.24, 2.45) is 0 Å². The lowest BCUT2D eigenvalue weighted by Crippen LogP contribution is -2.23. The van der Waals surface area contributed by atoms with Gasteiger partial charge in [0.1, 0.15) is 0 Å². The summed E-state index contributed by atoms with van der Waals surface area (Å²) >= 11 is 0. The van der Waals surface area contributed by atoms with E-state index in [9.17, 15) is 4.21 Å². The van der Waals surface area contributed by atoms with Gasteiger partial charge in [0, 0.05) is 28.3 Å². The molecular formula is C15H19NOS. The van der Waals surface area contributed by atoms with Crippen LogP contribution in [0.15, 0.2) is 42.5 Å². The fourth-order valence-electron chi connectivity index (χ4n) is 2.19. The van der Waals surface area contributed by atoms with Gasteiger partial charge in [-0.05, 0) is 23.4 Å². The number of benzene rings is 2. The molecular weight excluding hydrogens is 242 g/mol. The van der Waals surface area contributed by atoms with Gasteiger partial charge in [-0.3, -0.25) is 4.21 Å². The van der Waals surface area contributed by atoms with Gasteiger partial charge in [0.15, 0.2) is 0 Å². The smallest absolute Gasteiger partial charge is 0.0440 e. The van der Waals surface area contributed by atoms with Crippen molar-refractivity contribution in [3.05, 3.63) is 48.0 Å². The molecule has 0 heterocycles. The van der Waals surface area contributed by atoms with Crippen molar-refractivity contribution in [1.82, 2.24) is 5.32 Å². The maximum absolute atomic E-state index is 11.8. The molecule has 0 spiro atoms. The number of rotatable bonds is 5. The predicted molar refractivity (Wildman–Crippen MR) is 79.3 cm³/mol. The van der Waals surface area contributed by atoms with Crippen LogP contribution in [0.4, 0.5) is 0 Å². The monoisotopic (exact) mass is 261 g/mol. The van der Waals surface area contributed by atoms with Gasteiger partial charge < -0.3 is 5.32 Å². The average Bonchev–Trinajstić information content (AvgIpc) is 2.44. The largest absolute Gasteiger partial charge is 0.312 e. The molecule has 0 saturated carbocycles. The van der Waals surface area contributed by atoms with E-state index in [4.69, 9.17) is 0 Å². The van der Waals surface area contributed by atoms with Gasteiger partial charge in [-0.2, -0.15) is 0 Å². The molecule has 2 unspecified atom stereocenters. The van der Waals surface area contributed by atoms with Gasteiger partial charge in [0.05, 0.1) is 0 Å². The molecule has 2 aromatic rings. The molecule has 0 aromatic heterocycles. The van der Waals surface area contributed by atoms with E-state index >= 15 is 0 Å². The van der Waals surface area contributed by atoms with Crippen LogP contribution in [0, 0.1) is 0 Å². The number of nitrogens with one attached hydrogen (secondary N) is 1. The molecule has 0 amide bonds. The summed E-state index contributed by atoms with van der Waals surface area (Å²) in [5, 5.41) is 5.76. The van der Waals surface area contributed by atoms with E-state index < -0.39 is 10.8 Å². The molecule has 0 radical (unpaired) electrons. The Morgan fingerprint density at radius 2 is 1.89 bits per heavy atom. The van der Waals surface area contributed by atoms with Crippen molar-refractivity contribution >= 4 is 21.6 Å². The van der Waals surface area contributed by atoms with E-state index in [0.29, 0.717) is 11.5 Å². The minimum Gasteiger partial charge on any atom is -0.312 e. The van der Waals surface area contributed by atoms with E-state index in [2.05, 4.69) is 41.7 Å². The molecule has 0 aliphatic rings. The number of hydrogen-bond acceptors (Lipinski definition) is 2. The summed E-state index contributed by atoms with van der Waals surface area (Å²) in [5.41, 5.74) is 1.23. The van der Waals surface area contributed by atoms with Gasteiger partial charge in [-0.25, -0.2) is 0 Å². The molecule has 2 aromatic carbocycles. The van der Waals surface area contributed by atoms with Crippen molar-refractivity contribution in [3.8, 4) is 0 Å². The van der Waals surface area contributed by atoms with Gasteiger partial charge >= 0.3 is 0 Å². The second-order valence-electron chi connectivity index (χ2n) is 4.30. The lowest BCUT2D eigenvalue weighted by Gasteiger charge is -2.18. The summed E-state index contributed by atoms with van der Waals surface area (Å²) in [5.74, 6) is 1.38. The summed E-state index contributed by atoms with van der Waals surface area (Å²) in [6.07, 6.45) is 0. The molecule has 0 aliphatic heterocycles. The van der Waals surface area contributed by atoms with Gasteiger partial charge in [-0.15, -0.1) is 0 Å². The third-order valence-electron chi connectivity index (χ3n) is 3.22. The van der Waals surface area contributed by atoms with E-state index in [1.54, 1.807) is 0 Å². The van der Waals surface area contributed by atoms with Crippen LogP contribution in [0.2, 0.25) is 0 Å². The highest BCUT2D eigenvalue weighted by Crippen LogP contribution is 2.24. The first-order valence-corrected chi connectivity index (χ1v) is 7.75. The Bertz CT molecular complexity index is 548. The number of fused-ring (bicyclic) bond motifs is 1. The van der Waals surface area contributed by atoms with Gasteiger partial charge in [-0.1, -0.05) is 49.4 Å². The maximum Gasteiger partial charge on any atom is 0.0440 e. The Balaban J connectivity index is 2.41. The number of hydrogen-bond donors (Lipinski definition) is 1. The lowest BCUT2D eigenvalue weighted by atomic mass is 10.00. The standard InChI is InChI=1S/C15H19NOS/c1-3-18(17)11-15(16-2)14-10-6-8-12-7-4-5-9-13(12)14/h4-10,15-16H,3,11H2,1-2H3. The fourth-order valence-corrected chi connectivity index (χ4v) is 3.14. The summed E-state index contributed by atoms with van der Waals surface area (Å²) in [6.45, 7) is 1.96. The highest BCUT2D eigenvalue weighted by molar-refractivity contribution is 7.84. The second kappa shape index (κ2) is 6.12. The molecule has 1 N–H and O–H groups in total. The van der Waals surface area contributed by atoms with Crippen LogP contribution in [0.5, 0.6) is 0 Å². The van der Waals surface area contributed by atoms with Crippen molar-refractivity contribution in [2.45, 2.75) is 13.0 Å². The Morgan fingerprint density at radius 1 is 1.17 bits per heavy atom. The van der Waals surface area contributed by atoms with Crippen LogP contribution in [0.1, 0.15) is 18.5 Å². The molecule has 3 heteroatoms. The van der Waals surface area contributed by atoms with E-state index in [1.807, 2.05) is 20.0 Å². The highest BCUT2D eigenvalue weighted by atomic mass is 32.2. The Morgan fingerprint density at radius 3 is 2.61 bits per heavy atom. The Kier molecular flexibility index (Phi) is 4.50. The van der Waals surface area contributed by atoms with Crippen LogP contribution >= 0.6 is 0 Å². The maximum atomic E-state index is 11.8. The van der Waals surface area contributed by atoms with Gasteiger partial charge in [0.25, 0.3) is 0 Å². The average molecular weight is 261 g/mol. The SMILES string of the molecule is CCS(=O)CC(NC)c1cccc2ccccc12. The second-order valence-corrected chi connectivity index (χ2v) is 6.10. The van der Waals surface area contributed by atoms with Crippen molar-refractivity contribution < 1.29 is 4.21 Å². The van der Waals surface area contributed by atoms with Crippen LogP contribution in [0.3, 0.4) is 0 Å². The molecule has 0 saturated heterocycles. The molecule has 0 aliphatic carbocycles. The zero-order chi connectivity index (χ0) is 13.0. The first-order chi connectivity index (χ1) is 8.76. The normalized spacial score (nSPS) is 14.6. The molecule has 2 nitrogen and oxygen atoms in total. The quantitative estimate of drug-likeness (QED) is 0.896. The third-order valence-corrected chi connectivity index (χ3v) is 4.57. The molecule has 96 valence electrons. The Labute approximate surface area is 111 Å². The van der Waals surface area contributed by atoms with Crippen LogP contribution in [-0.4, -0.2) is 22.8 Å². The molecule has 18 heavy (non-hydrogen) atoms. The van der Waals surface area contributed by atoms with Crippen molar-refractivity contribution in [3.63, 3.8) is 0 Å². The summed E-state index contributed by atoms with van der Waals surface area (Å²) < 4.78 is 11.8. The lowest BCUT2D eigenvalue weighted by molar-refractivity contribution is 0.639. The topological polar surface area (TPSA) is 29.1 Å². The first kappa shape index (κ1) is 13.2. The van der Waals surface area contributed by atoms with Crippen molar-refractivity contribution in [1.29, 1.82) is 0 Å². The zero-order valence-electron chi connectivity index (χ0n) is 10.8.